The first kappa shape index (κ1) is 18.2. The van der Waals surface area contributed by atoms with Crippen molar-refractivity contribution < 1.29 is 18.7 Å². The van der Waals surface area contributed by atoms with Crippen molar-refractivity contribution in [3.63, 3.8) is 0 Å². The molecule has 0 bridgehead atoms. The molecule has 1 aliphatic carbocycles. The molecular weight excluding hydrogens is 311 g/mol. The molecule has 132 valence electrons. The summed E-state index contributed by atoms with van der Waals surface area (Å²) < 4.78 is 19.2. The van der Waals surface area contributed by atoms with Gasteiger partial charge in [-0.1, -0.05) is 32.9 Å². The standard InChI is InChI=1S/C18H25FN2O3/c1-18(2,3)15(11-24-14-7-5-4-6-13(14)19)21-16(22)10-20-17(23)12-8-9-12/h4-7,12,15H,8-11H2,1-3H3,(H,20,23)(H,21,22)/t15-/m0/s1. The zero-order valence-corrected chi connectivity index (χ0v) is 14.4. The molecule has 0 heterocycles. The fourth-order valence-corrected chi connectivity index (χ4v) is 2.15. The number of benzene rings is 1. The van der Waals surface area contributed by atoms with Crippen molar-refractivity contribution in [3.05, 3.63) is 30.1 Å². The molecule has 1 fully saturated rings. The Bertz CT molecular complexity index is 594. The van der Waals surface area contributed by atoms with Crippen LogP contribution in [0.15, 0.2) is 24.3 Å². The number of hydrogen-bond donors (Lipinski definition) is 2. The fourth-order valence-electron chi connectivity index (χ4n) is 2.15. The predicted molar refractivity (Wildman–Crippen MR) is 89.0 cm³/mol. The Kier molecular flexibility index (Phi) is 5.80. The lowest BCUT2D eigenvalue weighted by Gasteiger charge is -2.31. The minimum Gasteiger partial charge on any atom is -0.488 e. The maximum Gasteiger partial charge on any atom is 0.239 e. The molecule has 2 amide bonds. The van der Waals surface area contributed by atoms with Gasteiger partial charge in [0.2, 0.25) is 11.8 Å². The highest BCUT2D eigenvalue weighted by Gasteiger charge is 2.31. The van der Waals surface area contributed by atoms with Gasteiger partial charge in [-0.2, -0.15) is 0 Å². The fraction of sp³-hybridized carbons (Fsp3) is 0.556. The Morgan fingerprint density at radius 3 is 2.54 bits per heavy atom. The van der Waals surface area contributed by atoms with Gasteiger partial charge >= 0.3 is 0 Å². The third-order valence-electron chi connectivity index (χ3n) is 3.99. The predicted octanol–water partition coefficient (Wildman–Crippen LogP) is 2.26. The Hall–Kier alpha value is -2.11. The molecule has 1 atom stereocenters. The molecule has 2 N–H and O–H groups in total. The summed E-state index contributed by atoms with van der Waals surface area (Å²) >= 11 is 0. The van der Waals surface area contributed by atoms with E-state index < -0.39 is 5.82 Å². The van der Waals surface area contributed by atoms with E-state index in [2.05, 4.69) is 10.6 Å². The van der Waals surface area contributed by atoms with Gasteiger partial charge in [-0.15, -0.1) is 0 Å². The Morgan fingerprint density at radius 2 is 1.96 bits per heavy atom. The second-order valence-electron chi connectivity index (χ2n) is 7.22. The SMILES string of the molecule is CC(C)(C)[C@H](COc1ccccc1F)NC(=O)CNC(=O)C1CC1. The van der Waals surface area contributed by atoms with Crippen molar-refractivity contribution in [1.82, 2.24) is 10.6 Å². The van der Waals surface area contributed by atoms with E-state index in [1.54, 1.807) is 18.2 Å². The van der Waals surface area contributed by atoms with Crippen LogP contribution in [-0.2, 0) is 9.59 Å². The van der Waals surface area contributed by atoms with Gasteiger partial charge in [0, 0.05) is 5.92 Å². The lowest BCUT2D eigenvalue weighted by atomic mass is 9.87. The highest BCUT2D eigenvalue weighted by atomic mass is 19.1. The number of halogens is 1. The normalized spacial score (nSPS) is 15.5. The summed E-state index contributed by atoms with van der Waals surface area (Å²) in [5, 5.41) is 5.49. The lowest BCUT2D eigenvalue weighted by molar-refractivity contribution is -0.127. The molecule has 24 heavy (non-hydrogen) atoms. The van der Waals surface area contributed by atoms with Gasteiger partial charge in [-0.3, -0.25) is 9.59 Å². The maximum absolute atomic E-state index is 13.6. The monoisotopic (exact) mass is 336 g/mol. The lowest BCUT2D eigenvalue weighted by Crippen LogP contribution is -2.50. The molecular formula is C18H25FN2O3. The van der Waals surface area contributed by atoms with Crippen LogP contribution in [0.25, 0.3) is 0 Å². The van der Waals surface area contributed by atoms with Crippen molar-refractivity contribution in [2.45, 2.75) is 39.7 Å². The van der Waals surface area contributed by atoms with Gasteiger partial charge in [-0.05, 0) is 30.4 Å². The van der Waals surface area contributed by atoms with E-state index in [1.807, 2.05) is 20.8 Å². The van der Waals surface area contributed by atoms with Crippen LogP contribution in [0.4, 0.5) is 4.39 Å². The summed E-state index contributed by atoms with van der Waals surface area (Å²) in [6.45, 7) is 5.98. The molecule has 0 unspecified atom stereocenters. The van der Waals surface area contributed by atoms with Crippen LogP contribution in [0.5, 0.6) is 5.75 Å². The summed E-state index contributed by atoms with van der Waals surface area (Å²) in [7, 11) is 0. The summed E-state index contributed by atoms with van der Waals surface area (Å²) in [5.41, 5.74) is -0.276. The molecule has 1 aromatic carbocycles. The smallest absolute Gasteiger partial charge is 0.239 e. The number of amides is 2. The largest absolute Gasteiger partial charge is 0.488 e. The third kappa shape index (κ3) is 5.51. The molecule has 1 aliphatic rings. The number of ether oxygens (including phenoxy) is 1. The first-order valence-electron chi connectivity index (χ1n) is 8.22. The van der Waals surface area contributed by atoms with Gasteiger partial charge < -0.3 is 15.4 Å². The second kappa shape index (κ2) is 7.64. The van der Waals surface area contributed by atoms with E-state index in [4.69, 9.17) is 4.74 Å². The number of hydrogen-bond acceptors (Lipinski definition) is 3. The molecule has 1 saturated carbocycles. The van der Waals surface area contributed by atoms with Crippen molar-refractivity contribution in [2.75, 3.05) is 13.2 Å². The first-order valence-corrected chi connectivity index (χ1v) is 8.22. The quantitative estimate of drug-likeness (QED) is 0.803. The summed E-state index contributed by atoms with van der Waals surface area (Å²) in [4.78, 5) is 23.7. The average molecular weight is 336 g/mol. The number of carbonyl (C=O) groups is 2. The average Bonchev–Trinajstić information content (AvgIpc) is 3.34. The van der Waals surface area contributed by atoms with E-state index in [0.717, 1.165) is 12.8 Å². The zero-order chi connectivity index (χ0) is 17.7. The topological polar surface area (TPSA) is 67.4 Å². The maximum atomic E-state index is 13.6. The highest BCUT2D eigenvalue weighted by Crippen LogP contribution is 2.28. The third-order valence-corrected chi connectivity index (χ3v) is 3.99. The molecule has 0 radical (unpaired) electrons. The molecule has 0 spiro atoms. The molecule has 0 saturated heterocycles. The number of para-hydroxylation sites is 1. The first-order chi connectivity index (χ1) is 11.3. The van der Waals surface area contributed by atoms with Crippen molar-refractivity contribution in [2.24, 2.45) is 11.3 Å². The van der Waals surface area contributed by atoms with Gasteiger partial charge in [-0.25, -0.2) is 4.39 Å². The summed E-state index contributed by atoms with van der Waals surface area (Å²) in [6.07, 6.45) is 1.79. The van der Waals surface area contributed by atoms with Gasteiger partial charge in [0.1, 0.15) is 6.61 Å². The molecule has 6 heteroatoms. The number of rotatable bonds is 7. The van der Waals surface area contributed by atoms with Crippen LogP contribution in [0.1, 0.15) is 33.6 Å². The number of nitrogens with one attached hydrogen (secondary N) is 2. The van der Waals surface area contributed by atoms with Crippen LogP contribution < -0.4 is 15.4 Å². The van der Waals surface area contributed by atoms with Crippen LogP contribution in [-0.4, -0.2) is 31.0 Å². The Labute approximate surface area is 142 Å². The van der Waals surface area contributed by atoms with Crippen LogP contribution >= 0.6 is 0 Å². The van der Waals surface area contributed by atoms with E-state index in [0.29, 0.717) is 0 Å². The minimum atomic E-state index is -0.437. The van der Waals surface area contributed by atoms with Gasteiger partial charge in [0.05, 0.1) is 12.6 Å². The highest BCUT2D eigenvalue weighted by molar-refractivity contribution is 5.87. The Balaban J connectivity index is 1.87. The van der Waals surface area contributed by atoms with Gasteiger partial charge in [0.25, 0.3) is 0 Å². The van der Waals surface area contributed by atoms with E-state index >= 15 is 0 Å². The Morgan fingerprint density at radius 1 is 1.29 bits per heavy atom. The number of carbonyl (C=O) groups excluding carboxylic acids is 2. The molecule has 1 aromatic rings. The van der Waals surface area contributed by atoms with Crippen molar-refractivity contribution in [3.8, 4) is 5.75 Å². The van der Waals surface area contributed by atoms with E-state index in [9.17, 15) is 14.0 Å². The second-order valence-corrected chi connectivity index (χ2v) is 7.22. The van der Waals surface area contributed by atoms with Crippen molar-refractivity contribution in [1.29, 1.82) is 0 Å². The molecule has 5 nitrogen and oxygen atoms in total. The summed E-state index contributed by atoms with van der Waals surface area (Å²) in [5.74, 6) is -0.557. The van der Waals surface area contributed by atoms with Crippen LogP contribution in [0, 0.1) is 17.2 Å². The van der Waals surface area contributed by atoms with E-state index in [1.165, 1.54) is 6.07 Å². The van der Waals surface area contributed by atoms with Crippen LogP contribution in [0.2, 0.25) is 0 Å². The molecule has 2 rings (SSSR count). The van der Waals surface area contributed by atoms with Gasteiger partial charge in [0.15, 0.2) is 11.6 Å². The van der Waals surface area contributed by atoms with Crippen molar-refractivity contribution >= 4 is 11.8 Å². The van der Waals surface area contributed by atoms with E-state index in [-0.39, 0.29) is 48.1 Å². The zero-order valence-electron chi connectivity index (χ0n) is 14.4. The van der Waals surface area contributed by atoms with Crippen LogP contribution in [0.3, 0.4) is 0 Å². The molecule has 0 aromatic heterocycles. The minimum absolute atomic E-state index is 0.0540. The summed E-state index contributed by atoms with van der Waals surface area (Å²) in [6, 6.07) is 5.84. The molecule has 0 aliphatic heterocycles.